The lowest BCUT2D eigenvalue weighted by molar-refractivity contribution is 0.309. The van der Waals surface area contributed by atoms with E-state index >= 15 is 0 Å². The number of hydrogen-bond donors (Lipinski definition) is 1. The summed E-state index contributed by atoms with van der Waals surface area (Å²) in [5.74, 6) is 0.477. The first kappa shape index (κ1) is 15.9. The molecule has 4 rings (SSSR count). The van der Waals surface area contributed by atoms with Gasteiger partial charge in [0.1, 0.15) is 5.82 Å². The maximum Gasteiger partial charge on any atom is 0.442 e. The van der Waals surface area contributed by atoms with E-state index in [4.69, 9.17) is 9.15 Å². The Morgan fingerprint density at radius 2 is 2.28 bits per heavy atom. The third kappa shape index (κ3) is 2.72. The van der Waals surface area contributed by atoms with Crippen LogP contribution in [0.5, 0.6) is 0 Å². The van der Waals surface area contributed by atoms with Crippen molar-refractivity contribution in [1.82, 2.24) is 20.0 Å². The van der Waals surface area contributed by atoms with Gasteiger partial charge in [0.05, 0.1) is 6.04 Å². The molecule has 0 aliphatic heterocycles. The highest BCUT2D eigenvalue weighted by molar-refractivity contribution is 7.98. The Labute approximate surface area is 145 Å². The first-order valence-corrected chi connectivity index (χ1v) is 9.00. The fourth-order valence-corrected chi connectivity index (χ4v) is 3.20. The van der Waals surface area contributed by atoms with Gasteiger partial charge in [-0.05, 0) is 46.2 Å². The molecule has 3 aromatic rings. The molecule has 0 amide bonds. The minimum absolute atomic E-state index is 0.206. The Hall–Kier alpha value is -2.62. The van der Waals surface area contributed by atoms with Crippen LogP contribution in [0.1, 0.15) is 17.2 Å². The van der Waals surface area contributed by atoms with Crippen molar-refractivity contribution in [2.75, 3.05) is 23.9 Å². The van der Waals surface area contributed by atoms with Gasteiger partial charge in [0.2, 0.25) is 11.6 Å². The molecule has 0 saturated carbocycles. The molecule has 8 nitrogen and oxygen atoms in total. The summed E-state index contributed by atoms with van der Waals surface area (Å²) < 4.78 is 24.5. The predicted octanol–water partition coefficient (Wildman–Crippen LogP) is 1.95. The molecule has 0 radical (unpaired) electrons. The highest BCUT2D eigenvalue weighted by Crippen LogP contribution is 2.38. The average molecular weight is 363 g/mol. The fourth-order valence-electron chi connectivity index (χ4n) is 2.89. The number of hydrogen-bond acceptors (Lipinski definition) is 8. The van der Waals surface area contributed by atoms with Crippen molar-refractivity contribution in [1.29, 1.82) is 0 Å². The van der Waals surface area contributed by atoms with E-state index in [9.17, 15) is 9.18 Å². The number of benzene rings is 1. The molecule has 25 heavy (non-hydrogen) atoms. The second-order valence-electron chi connectivity index (χ2n) is 5.59. The van der Waals surface area contributed by atoms with Gasteiger partial charge < -0.3 is 5.32 Å². The van der Waals surface area contributed by atoms with Crippen LogP contribution >= 0.6 is 11.8 Å². The van der Waals surface area contributed by atoms with Crippen LogP contribution in [-0.4, -0.2) is 38.6 Å². The van der Waals surface area contributed by atoms with E-state index in [1.165, 1.54) is 16.7 Å². The van der Waals surface area contributed by atoms with Crippen molar-refractivity contribution in [2.24, 2.45) is 0 Å². The quantitative estimate of drug-likeness (QED) is 0.664. The van der Waals surface area contributed by atoms with Crippen LogP contribution in [0.3, 0.4) is 0 Å². The lowest BCUT2D eigenvalue weighted by atomic mass is 9.83. The molecule has 0 saturated heterocycles. The monoisotopic (exact) mass is 363 g/mol. The lowest BCUT2D eigenvalue weighted by Gasteiger charge is -2.30. The predicted molar refractivity (Wildman–Crippen MR) is 89.2 cm³/mol. The SMILES string of the molecule is CSCCNc1nonc1-c1noc(=O)n1C1Cc2ccc(F)cc21. The zero-order valence-corrected chi connectivity index (χ0v) is 14.0. The topological polar surface area (TPSA) is 99.0 Å². The van der Waals surface area contributed by atoms with Gasteiger partial charge in [0, 0.05) is 12.3 Å². The van der Waals surface area contributed by atoms with E-state index in [0.29, 0.717) is 18.8 Å². The molecule has 1 aromatic carbocycles. The average Bonchev–Trinajstić information content (AvgIpc) is 3.18. The van der Waals surface area contributed by atoms with Gasteiger partial charge in [0.25, 0.3) is 0 Å². The molecule has 130 valence electrons. The van der Waals surface area contributed by atoms with Crippen molar-refractivity contribution < 1.29 is 13.5 Å². The summed E-state index contributed by atoms with van der Waals surface area (Å²) in [4.78, 5) is 12.2. The highest BCUT2D eigenvalue weighted by atomic mass is 32.2. The molecule has 10 heteroatoms. The molecule has 0 spiro atoms. The van der Waals surface area contributed by atoms with Crippen LogP contribution in [0.25, 0.3) is 11.5 Å². The first-order chi connectivity index (χ1) is 12.2. The Bertz CT molecular complexity index is 966. The van der Waals surface area contributed by atoms with Crippen LogP contribution in [0.4, 0.5) is 10.2 Å². The van der Waals surface area contributed by atoms with Gasteiger partial charge in [-0.15, -0.1) is 0 Å². The fraction of sp³-hybridized carbons (Fsp3) is 0.333. The van der Waals surface area contributed by atoms with E-state index in [-0.39, 0.29) is 23.4 Å². The Morgan fingerprint density at radius 3 is 3.12 bits per heavy atom. The molecular weight excluding hydrogens is 349 g/mol. The van der Waals surface area contributed by atoms with Crippen LogP contribution in [-0.2, 0) is 6.42 Å². The molecule has 1 aliphatic rings. The first-order valence-electron chi connectivity index (χ1n) is 7.61. The van der Waals surface area contributed by atoms with Crippen molar-refractivity contribution in [2.45, 2.75) is 12.5 Å². The van der Waals surface area contributed by atoms with Crippen molar-refractivity contribution >= 4 is 17.6 Å². The van der Waals surface area contributed by atoms with Crippen molar-refractivity contribution in [3.05, 3.63) is 45.7 Å². The summed E-state index contributed by atoms with van der Waals surface area (Å²) in [5.41, 5.74) is 2.01. The second-order valence-corrected chi connectivity index (χ2v) is 6.57. The number of nitrogens with one attached hydrogen (secondary N) is 1. The lowest BCUT2D eigenvalue weighted by Crippen LogP contribution is -2.31. The van der Waals surface area contributed by atoms with E-state index < -0.39 is 5.76 Å². The number of fused-ring (bicyclic) bond motifs is 1. The zero-order valence-electron chi connectivity index (χ0n) is 13.2. The van der Waals surface area contributed by atoms with Crippen molar-refractivity contribution in [3.8, 4) is 11.5 Å². The Morgan fingerprint density at radius 1 is 1.40 bits per heavy atom. The molecule has 0 bridgehead atoms. The number of aromatic nitrogens is 4. The standard InChI is InChI=1S/C15H14FN5O3S/c1-25-5-4-17-13-12(18-24-19-13)14-20-23-15(22)21(14)11-6-8-2-3-9(16)7-10(8)11/h2-3,7,11H,4-6H2,1H3,(H,17,19). The van der Waals surface area contributed by atoms with Crippen LogP contribution in [0, 0.1) is 5.82 Å². The molecule has 1 unspecified atom stereocenters. The Kier molecular flexibility index (Phi) is 4.04. The van der Waals surface area contributed by atoms with E-state index in [1.54, 1.807) is 17.8 Å². The number of nitrogens with zero attached hydrogens (tertiary/aromatic N) is 4. The van der Waals surface area contributed by atoms with Gasteiger partial charge >= 0.3 is 5.76 Å². The van der Waals surface area contributed by atoms with Crippen LogP contribution in [0.2, 0.25) is 0 Å². The zero-order chi connectivity index (χ0) is 17.4. The largest absolute Gasteiger partial charge is 0.442 e. The third-order valence-corrected chi connectivity index (χ3v) is 4.74. The number of anilines is 1. The van der Waals surface area contributed by atoms with Gasteiger partial charge in [-0.1, -0.05) is 11.2 Å². The maximum absolute atomic E-state index is 13.5. The van der Waals surface area contributed by atoms with Gasteiger partial charge in [-0.3, -0.25) is 4.52 Å². The maximum atomic E-state index is 13.5. The van der Waals surface area contributed by atoms with Gasteiger partial charge in [-0.25, -0.2) is 18.4 Å². The third-order valence-electron chi connectivity index (χ3n) is 4.13. The number of thioether (sulfide) groups is 1. The number of halogens is 1. The summed E-state index contributed by atoms with van der Waals surface area (Å²) in [5, 5.41) is 14.6. The van der Waals surface area contributed by atoms with E-state index in [0.717, 1.165) is 16.9 Å². The Balaban J connectivity index is 1.71. The van der Waals surface area contributed by atoms with Crippen LogP contribution in [0.15, 0.2) is 32.1 Å². The normalized spacial score (nSPS) is 15.7. The summed E-state index contributed by atoms with van der Waals surface area (Å²) in [6.45, 7) is 0.655. The van der Waals surface area contributed by atoms with E-state index in [1.807, 2.05) is 6.26 Å². The summed E-state index contributed by atoms with van der Waals surface area (Å²) >= 11 is 1.68. The number of rotatable bonds is 6. The molecule has 1 atom stereocenters. The minimum atomic E-state index is -0.632. The second kappa shape index (κ2) is 6.36. The highest BCUT2D eigenvalue weighted by Gasteiger charge is 2.34. The minimum Gasteiger partial charge on any atom is -0.364 e. The van der Waals surface area contributed by atoms with Gasteiger partial charge in [-0.2, -0.15) is 11.8 Å². The summed E-state index contributed by atoms with van der Waals surface area (Å²) in [6, 6.07) is 4.19. The van der Waals surface area contributed by atoms with Gasteiger partial charge in [0.15, 0.2) is 5.69 Å². The van der Waals surface area contributed by atoms with Crippen molar-refractivity contribution in [3.63, 3.8) is 0 Å². The molecule has 1 N–H and O–H groups in total. The smallest absolute Gasteiger partial charge is 0.364 e. The molecule has 1 aliphatic carbocycles. The molecular formula is C15H14FN5O3S. The summed E-state index contributed by atoms with van der Waals surface area (Å²) in [7, 11) is 0. The molecule has 0 fully saturated rings. The van der Waals surface area contributed by atoms with E-state index in [2.05, 4.69) is 20.8 Å². The molecule has 2 aromatic heterocycles. The van der Waals surface area contributed by atoms with Crippen LogP contribution < -0.4 is 11.1 Å². The summed E-state index contributed by atoms with van der Waals surface area (Å²) in [6.07, 6.45) is 2.58. The molecule has 2 heterocycles.